The Balaban J connectivity index is 1.53. The van der Waals surface area contributed by atoms with Crippen molar-refractivity contribution in [2.75, 3.05) is 13.1 Å². The van der Waals surface area contributed by atoms with E-state index in [2.05, 4.69) is 31.2 Å². The van der Waals surface area contributed by atoms with Crippen LogP contribution >= 0.6 is 0 Å². The predicted octanol–water partition coefficient (Wildman–Crippen LogP) is -0.358. The van der Waals surface area contributed by atoms with Crippen molar-refractivity contribution in [2.24, 2.45) is 0 Å². The van der Waals surface area contributed by atoms with Gasteiger partial charge in [-0.25, -0.2) is 4.68 Å². The fourth-order valence-electron chi connectivity index (χ4n) is 2.76. The van der Waals surface area contributed by atoms with Crippen LogP contribution in [0.4, 0.5) is 0 Å². The van der Waals surface area contributed by atoms with Crippen molar-refractivity contribution >= 4 is 11.8 Å². The molecule has 2 atom stereocenters. The van der Waals surface area contributed by atoms with Crippen LogP contribution in [0.5, 0.6) is 0 Å². The molecule has 2 aromatic heterocycles. The number of pyridine rings is 1. The SMILES string of the molecule is CCNC(=O)[C@@H]1C[C@H](n2cc(CNC(=O)c3cccnc3)nn2)CN1. The Morgan fingerprint density at radius 1 is 1.40 bits per heavy atom. The summed E-state index contributed by atoms with van der Waals surface area (Å²) in [4.78, 5) is 27.8. The number of hydrogen-bond acceptors (Lipinski definition) is 6. The van der Waals surface area contributed by atoms with Crippen molar-refractivity contribution in [2.45, 2.75) is 32.0 Å². The van der Waals surface area contributed by atoms with Crippen molar-refractivity contribution in [3.8, 4) is 0 Å². The minimum absolute atomic E-state index is 0.00840. The van der Waals surface area contributed by atoms with E-state index in [-0.39, 0.29) is 30.4 Å². The molecule has 0 spiro atoms. The lowest BCUT2D eigenvalue weighted by Crippen LogP contribution is -2.40. The van der Waals surface area contributed by atoms with Crippen LogP contribution in [0, 0.1) is 0 Å². The Morgan fingerprint density at radius 2 is 2.28 bits per heavy atom. The molecule has 2 aromatic rings. The monoisotopic (exact) mass is 343 g/mol. The molecule has 3 rings (SSSR count). The molecule has 1 saturated heterocycles. The van der Waals surface area contributed by atoms with Crippen LogP contribution in [0.2, 0.25) is 0 Å². The summed E-state index contributed by atoms with van der Waals surface area (Å²) >= 11 is 0. The average molecular weight is 343 g/mol. The smallest absolute Gasteiger partial charge is 0.253 e. The molecule has 3 heterocycles. The lowest BCUT2D eigenvalue weighted by molar-refractivity contribution is -0.122. The first-order chi connectivity index (χ1) is 12.2. The molecule has 9 nitrogen and oxygen atoms in total. The molecule has 0 unspecified atom stereocenters. The van der Waals surface area contributed by atoms with E-state index in [0.29, 0.717) is 30.8 Å². The van der Waals surface area contributed by atoms with Gasteiger partial charge in [-0.15, -0.1) is 5.10 Å². The van der Waals surface area contributed by atoms with Crippen LogP contribution in [0.25, 0.3) is 0 Å². The van der Waals surface area contributed by atoms with Gasteiger partial charge in [0.15, 0.2) is 0 Å². The number of aromatic nitrogens is 4. The summed E-state index contributed by atoms with van der Waals surface area (Å²) in [7, 11) is 0. The highest BCUT2D eigenvalue weighted by atomic mass is 16.2. The van der Waals surface area contributed by atoms with Gasteiger partial charge < -0.3 is 16.0 Å². The first-order valence-electron chi connectivity index (χ1n) is 8.27. The van der Waals surface area contributed by atoms with Crippen molar-refractivity contribution in [1.29, 1.82) is 0 Å². The molecule has 132 valence electrons. The summed E-state index contributed by atoms with van der Waals surface area (Å²) in [5.41, 5.74) is 1.17. The van der Waals surface area contributed by atoms with Gasteiger partial charge in [0.25, 0.3) is 5.91 Å². The van der Waals surface area contributed by atoms with Crippen molar-refractivity contribution in [1.82, 2.24) is 35.9 Å². The highest BCUT2D eigenvalue weighted by Gasteiger charge is 2.30. The van der Waals surface area contributed by atoms with Gasteiger partial charge in [0.05, 0.1) is 30.4 Å². The molecule has 9 heteroatoms. The summed E-state index contributed by atoms with van der Waals surface area (Å²) < 4.78 is 1.75. The predicted molar refractivity (Wildman–Crippen MR) is 89.6 cm³/mol. The molecule has 0 aromatic carbocycles. The molecule has 0 aliphatic carbocycles. The Morgan fingerprint density at radius 3 is 3.04 bits per heavy atom. The van der Waals surface area contributed by atoms with Crippen molar-refractivity contribution in [3.05, 3.63) is 42.0 Å². The second kappa shape index (κ2) is 7.84. The number of rotatable bonds is 6. The highest BCUT2D eigenvalue weighted by molar-refractivity contribution is 5.93. The maximum absolute atomic E-state index is 12.0. The van der Waals surface area contributed by atoms with E-state index < -0.39 is 0 Å². The highest BCUT2D eigenvalue weighted by Crippen LogP contribution is 2.19. The topological polar surface area (TPSA) is 114 Å². The second-order valence-electron chi connectivity index (χ2n) is 5.86. The summed E-state index contributed by atoms with van der Waals surface area (Å²) in [5, 5.41) is 17.0. The van der Waals surface area contributed by atoms with Crippen LogP contribution in [0.3, 0.4) is 0 Å². The van der Waals surface area contributed by atoms with Crippen LogP contribution in [0.15, 0.2) is 30.7 Å². The average Bonchev–Trinajstić information content (AvgIpc) is 3.30. The molecule has 0 bridgehead atoms. The third-order valence-corrected chi connectivity index (χ3v) is 4.06. The van der Waals surface area contributed by atoms with Gasteiger partial charge in [-0.05, 0) is 25.5 Å². The zero-order valence-electron chi connectivity index (χ0n) is 14.0. The first-order valence-corrected chi connectivity index (χ1v) is 8.27. The molecule has 2 amide bonds. The molecule has 1 aliphatic rings. The lowest BCUT2D eigenvalue weighted by atomic mass is 10.1. The number of likely N-dealkylation sites (N-methyl/N-ethyl adjacent to an activating group) is 1. The van der Waals surface area contributed by atoms with E-state index in [1.165, 1.54) is 6.20 Å². The number of carbonyl (C=O) groups excluding carboxylic acids is 2. The quantitative estimate of drug-likeness (QED) is 0.660. The second-order valence-corrected chi connectivity index (χ2v) is 5.86. The van der Waals surface area contributed by atoms with Gasteiger partial charge in [-0.1, -0.05) is 5.21 Å². The summed E-state index contributed by atoms with van der Waals surface area (Å²) in [6.45, 7) is 3.46. The number of nitrogens with zero attached hydrogens (tertiary/aromatic N) is 4. The Bertz CT molecular complexity index is 731. The van der Waals surface area contributed by atoms with Gasteiger partial charge in [0.2, 0.25) is 5.91 Å². The summed E-state index contributed by atoms with van der Waals surface area (Å²) in [6.07, 6.45) is 5.59. The van der Waals surface area contributed by atoms with Gasteiger partial charge in [0.1, 0.15) is 5.69 Å². The zero-order chi connectivity index (χ0) is 17.6. The largest absolute Gasteiger partial charge is 0.355 e. The zero-order valence-corrected chi connectivity index (χ0v) is 14.0. The molecule has 25 heavy (non-hydrogen) atoms. The van der Waals surface area contributed by atoms with Crippen LogP contribution in [-0.2, 0) is 11.3 Å². The summed E-state index contributed by atoms with van der Waals surface area (Å²) in [6, 6.07) is 3.28. The third kappa shape index (κ3) is 4.18. The van der Waals surface area contributed by atoms with Gasteiger partial charge in [-0.2, -0.15) is 0 Å². The van der Waals surface area contributed by atoms with E-state index in [1.54, 1.807) is 29.2 Å². The van der Waals surface area contributed by atoms with Gasteiger partial charge in [-0.3, -0.25) is 14.6 Å². The number of amides is 2. The first kappa shape index (κ1) is 17.0. The normalized spacial score (nSPS) is 19.6. The van der Waals surface area contributed by atoms with Crippen molar-refractivity contribution in [3.63, 3.8) is 0 Å². The van der Waals surface area contributed by atoms with E-state index in [4.69, 9.17) is 0 Å². The maximum atomic E-state index is 12.0. The minimum Gasteiger partial charge on any atom is -0.355 e. The van der Waals surface area contributed by atoms with Gasteiger partial charge >= 0.3 is 0 Å². The minimum atomic E-state index is -0.207. The van der Waals surface area contributed by atoms with E-state index in [0.717, 1.165) is 0 Å². The molecule has 3 N–H and O–H groups in total. The van der Waals surface area contributed by atoms with Crippen LogP contribution in [0.1, 0.15) is 35.4 Å². The molecule has 1 fully saturated rings. The Labute approximate surface area is 145 Å². The summed E-state index contributed by atoms with van der Waals surface area (Å²) in [5.74, 6) is -0.199. The fourth-order valence-corrected chi connectivity index (χ4v) is 2.76. The van der Waals surface area contributed by atoms with Crippen LogP contribution in [-0.4, -0.2) is 50.9 Å². The molecular formula is C16H21N7O2. The third-order valence-electron chi connectivity index (χ3n) is 4.06. The lowest BCUT2D eigenvalue weighted by Gasteiger charge is -2.10. The standard InChI is InChI=1S/C16H21N7O2/c1-2-18-16(25)14-6-13(9-19-14)23-10-12(21-22-23)8-20-15(24)11-4-3-5-17-7-11/h3-5,7,10,13-14,19H,2,6,8-9H2,1H3,(H,18,25)(H,20,24)/t13-,14-/m0/s1. The van der Waals surface area contributed by atoms with Crippen LogP contribution < -0.4 is 16.0 Å². The van der Waals surface area contributed by atoms with Crippen molar-refractivity contribution < 1.29 is 9.59 Å². The fraction of sp³-hybridized carbons (Fsp3) is 0.438. The Hall–Kier alpha value is -2.81. The van der Waals surface area contributed by atoms with E-state index in [9.17, 15) is 9.59 Å². The van der Waals surface area contributed by atoms with Gasteiger partial charge in [0, 0.05) is 25.5 Å². The molecule has 1 aliphatic heterocycles. The molecular weight excluding hydrogens is 322 g/mol. The molecule has 0 saturated carbocycles. The maximum Gasteiger partial charge on any atom is 0.253 e. The van der Waals surface area contributed by atoms with E-state index in [1.807, 2.05) is 6.92 Å². The van der Waals surface area contributed by atoms with E-state index >= 15 is 0 Å². The number of hydrogen-bond donors (Lipinski definition) is 3. The molecule has 0 radical (unpaired) electrons. The number of nitrogens with one attached hydrogen (secondary N) is 3. The number of carbonyl (C=O) groups is 2. The Kier molecular flexibility index (Phi) is 5.34.